The van der Waals surface area contributed by atoms with Crippen molar-refractivity contribution in [3.8, 4) is 6.07 Å². The van der Waals surface area contributed by atoms with E-state index < -0.39 is 7.55 Å². The van der Waals surface area contributed by atoms with Crippen molar-refractivity contribution in [2.24, 2.45) is 0 Å². The highest BCUT2D eigenvalue weighted by molar-refractivity contribution is 7.17. The van der Waals surface area contributed by atoms with Gasteiger partial charge in [0.2, 0.25) is 7.55 Å². The SMILES string of the molecule is C[Si](C)(Cl)NCCCC#N. The first-order chi connectivity index (χ1) is 4.56. The smallest absolute Gasteiger partial charge is 0.220 e. The van der Waals surface area contributed by atoms with Gasteiger partial charge in [-0.05, 0) is 26.1 Å². The van der Waals surface area contributed by atoms with Crippen LogP contribution in [0.15, 0.2) is 0 Å². The normalized spacial score (nSPS) is 11.0. The Morgan fingerprint density at radius 3 is 2.60 bits per heavy atom. The lowest BCUT2D eigenvalue weighted by atomic mass is 10.3. The van der Waals surface area contributed by atoms with Gasteiger partial charge in [-0.15, -0.1) is 11.1 Å². The third kappa shape index (κ3) is 7.96. The summed E-state index contributed by atoms with van der Waals surface area (Å²) in [5, 5.41) is 8.20. The van der Waals surface area contributed by atoms with Gasteiger partial charge in [0, 0.05) is 6.42 Å². The summed E-state index contributed by atoms with van der Waals surface area (Å²) in [5.74, 6) is 0. The number of nitriles is 1. The van der Waals surface area contributed by atoms with E-state index in [1.54, 1.807) is 0 Å². The summed E-state index contributed by atoms with van der Waals surface area (Å²) in [6, 6.07) is 2.09. The number of hydrogen-bond donors (Lipinski definition) is 1. The third-order valence-corrected chi connectivity index (χ3v) is 2.50. The van der Waals surface area contributed by atoms with Gasteiger partial charge in [0.1, 0.15) is 0 Å². The van der Waals surface area contributed by atoms with Gasteiger partial charge in [-0.1, -0.05) is 0 Å². The molecule has 0 aliphatic carbocycles. The summed E-state index contributed by atoms with van der Waals surface area (Å²) >= 11 is 5.96. The zero-order valence-corrected chi connectivity index (χ0v) is 8.20. The average Bonchev–Trinajstić information content (AvgIpc) is 1.78. The van der Waals surface area contributed by atoms with Crippen molar-refractivity contribution in [1.29, 1.82) is 5.26 Å². The summed E-state index contributed by atoms with van der Waals surface area (Å²) < 4.78 is 0. The van der Waals surface area contributed by atoms with Gasteiger partial charge in [-0.3, -0.25) is 0 Å². The summed E-state index contributed by atoms with van der Waals surface area (Å²) in [5.41, 5.74) is 0. The van der Waals surface area contributed by atoms with Crippen LogP contribution in [-0.4, -0.2) is 14.1 Å². The molecule has 0 saturated heterocycles. The van der Waals surface area contributed by atoms with Crippen molar-refractivity contribution in [2.45, 2.75) is 25.9 Å². The Morgan fingerprint density at radius 1 is 1.60 bits per heavy atom. The van der Waals surface area contributed by atoms with Crippen LogP contribution in [0.4, 0.5) is 0 Å². The molecule has 0 aromatic carbocycles. The average molecular weight is 177 g/mol. The van der Waals surface area contributed by atoms with Crippen molar-refractivity contribution in [1.82, 2.24) is 4.98 Å². The minimum absolute atomic E-state index is 0.619. The van der Waals surface area contributed by atoms with Gasteiger partial charge >= 0.3 is 0 Å². The molecule has 1 N–H and O–H groups in total. The fourth-order valence-electron chi connectivity index (χ4n) is 0.553. The number of halogens is 1. The number of rotatable bonds is 4. The molecule has 0 aliphatic heterocycles. The Kier molecular flexibility index (Phi) is 4.70. The molecule has 0 bridgehead atoms. The van der Waals surface area contributed by atoms with Crippen molar-refractivity contribution in [3.63, 3.8) is 0 Å². The predicted octanol–water partition coefficient (Wildman–Crippen LogP) is 1.82. The molecule has 0 atom stereocenters. The van der Waals surface area contributed by atoms with E-state index in [0.717, 1.165) is 13.0 Å². The Morgan fingerprint density at radius 2 is 2.20 bits per heavy atom. The maximum atomic E-state index is 8.20. The Labute approximate surface area is 68.0 Å². The molecule has 0 aromatic heterocycles. The predicted molar refractivity (Wildman–Crippen MR) is 46.2 cm³/mol. The van der Waals surface area contributed by atoms with Gasteiger partial charge in [0.15, 0.2) is 0 Å². The standard InChI is InChI=1S/C6H13ClN2Si/c1-10(2,7)9-6-4-3-5-8/h9H,3-4,6H2,1-2H3. The second-order valence-corrected chi connectivity index (χ2v) is 8.79. The first-order valence-corrected chi connectivity index (χ1v) is 7.38. The molecule has 10 heavy (non-hydrogen) atoms. The monoisotopic (exact) mass is 176 g/mol. The maximum absolute atomic E-state index is 8.20. The van der Waals surface area contributed by atoms with Crippen molar-refractivity contribution < 1.29 is 0 Å². The summed E-state index contributed by atoms with van der Waals surface area (Å²) in [6.45, 7) is 4.93. The second kappa shape index (κ2) is 4.72. The molecule has 2 nitrogen and oxygen atoms in total. The molecule has 0 rings (SSSR count). The molecule has 0 aliphatic rings. The van der Waals surface area contributed by atoms with Crippen molar-refractivity contribution >= 4 is 18.6 Å². The van der Waals surface area contributed by atoms with E-state index >= 15 is 0 Å². The molecular weight excluding hydrogens is 164 g/mol. The molecule has 0 spiro atoms. The summed E-state index contributed by atoms with van der Waals surface area (Å²) in [7, 11) is -1.59. The summed E-state index contributed by atoms with van der Waals surface area (Å²) in [6.07, 6.45) is 1.52. The van der Waals surface area contributed by atoms with Gasteiger partial charge in [-0.25, -0.2) is 0 Å². The first kappa shape index (κ1) is 9.96. The number of nitrogens with one attached hydrogen (secondary N) is 1. The molecule has 0 radical (unpaired) electrons. The molecule has 58 valence electrons. The highest BCUT2D eigenvalue weighted by Crippen LogP contribution is 2.01. The van der Waals surface area contributed by atoms with Crippen LogP contribution in [0.25, 0.3) is 0 Å². The molecule has 0 heterocycles. The molecule has 0 saturated carbocycles. The van der Waals surface area contributed by atoms with E-state index in [9.17, 15) is 0 Å². The number of unbranched alkanes of at least 4 members (excludes halogenated alkanes) is 1. The Bertz CT molecular complexity index is 125. The van der Waals surface area contributed by atoms with Crippen LogP contribution in [0.1, 0.15) is 12.8 Å². The fraction of sp³-hybridized carbons (Fsp3) is 0.833. The van der Waals surface area contributed by atoms with Gasteiger partial charge in [0.05, 0.1) is 6.07 Å². The van der Waals surface area contributed by atoms with Crippen LogP contribution < -0.4 is 4.98 Å². The van der Waals surface area contributed by atoms with Gasteiger partial charge in [0.25, 0.3) is 0 Å². The van der Waals surface area contributed by atoms with Crippen LogP contribution in [0.5, 0.6) is 0 Å². The minimum Gasteiger partial charge on any atom is -0.326 e. The first-order valence-electron chi connectivity index (χ1n) is 3.37. The lowest BCUT2D eigenvalue weighted by Gasteiger charge is -2.13. The number of nitrogens with zero attached hydrogens (tertiary/aromatic N) is 1. The molecule has 0 fully saturated rings. The second-order valence-electron chi connectivity index (χ2n) is 2.66. The zero-order chi connectivity index (χ0) is 8.04. The van der Waals surface area contributed by atoms with Crippen LogP contribution >= 0.6 is 11.1 Å². The number of hydrogen-bond acceptors (Lipinski definition) is 2. The lowest BCUT2D eigenvalue weighted by molar-refractivity contribution is 0.800. The maximum Gasteiger partial charge on any atom is 0.220 e. The molecule has 0 amide bonds. The van der Waals surface area contributed by atoms with Crippen molar-refractivity contribution in [3.05, 3.63) is 0 Å². The topological polar surface area (TPSA) is 35.8 Å². The zero-order valence-electron chi connectivity index (χ0n) is 6.45. The minimum atomic E-state index is -1.59. The highest BCUT2D eigenvalue weighted by atomic mass is 35.6. The Balaban J connectivity index is 3.14. The molecule has 0 unspecified atom stereocenters. The third-order valence-electron chi connectivity index (χ3n) is 1.01. The van der Waals surface area contributed by atoms with E-state index in [1.807, 2.05) is 13.1 Å². The Hall–Kier alpha value is -0.0431. The quantitative estimate of drug-likeness (QED) is 0.403. The van der Waals surface area contributed by atoms with Crippen LogP contribution in [0, 0.1) is 11.3 Å². The van der Waals surface area contributed by atoms with Crippen molar-refractivity contribution in [2.75, 3.05) is 6.54 Å². The van der Waals surface area contributed by atoms with E-state index in [4.69, 9.17) is 16.3 Å². The lowest BCUT2D eigenvalue weighted by Crippen LogP contribution is -2.39. The largest absolute Gasteiger partial charge is 0.326 e. The highest BCUT2D eigenvalue weighted by Gasteiger charge is 2.14. The van der Waals surface area contributed by atoms with Crippen LogP contribution in [0.2, 0.25) is 13.1 Å². The van der Waals surface area contributed by atoms with Gasteiger partial charge < -0.3 is 4.98 Å². The molecular formula is C6H13ClN2Si. The van der Waals surface area contributed by atoms with E-state index in [1.165, 1.54) is 0 Å². The summed E-state index contributed by atoms with van der Waals surface area (Å²) in [4.78, 5) is 3.21. The molecule has 4 heteroatoms. The van der Waals surface area contributed by atoms with Crippen LogP contribution in [-0.2, 0) is 0 Å². The van der Waals surface area contributed by atoms with E-state index in [0.29, 0.717) is 6.42 Å². The van der Waals surface area contributed by atoms with Gasteiger partial charge in [-0.2, -0.15) is 5.26 Å². The fourth-order valence-corrected chi connectivity index (χ4v) is 1.61. The van der Waals surface area contributed by atoms with E-state index in [-0.39, 0.29) is 0 Å². The van der Waals surface area contributed by atoms with E-state index in [2.05, 4.69) is 11.1 Å². The molecule has 0 aromatic rings. The van der Waals surface area contributed by atoms with Crippen LogP contribution in [0.3, 0.4) is 0 Å².